The Kier molecular flexibility index (Phi) is 14.2. The molecule has 0 spiro atoms. The topological polar surface area (TPSA) is 192 Å². The van der Waals surface area contributed by atoms with E-state index in [1.165, 1.54) is 44.2 Å². The average Bonchev–Trinajstić information content (AvgIpc) is 3.71. The van der Waals surface area contributed by atoms with Crippen LogP contribution in [0.25, 0.3) is 55.9 Å². The van der Waals surface area contributed by atoms with Crippen LogP contribution in [-0.4, -0.2) is 58.4 Å². The van der Waals surface area contributed by atoms with Gasteiger partial charge in [-0.2, -0.15) is 17.2 Å². The molecule has 2 heterocycles. The van der Waals surface area contributed by atoms with Gasteiger partial charge in [-0.15, -0.1) is 0 Å². The van der Waals surface area contributed by atoms with Crippen molar-refractivity contribution in [2.75, 3.05) is 14.2 Å². The smallest absolute Gasteiger partial charge is 0.632 e. The van der Waals surface area contributed by atoms with Crippen molar-refractivity contribution in [3.05, 3.63) is 82.5 Å². The zero-order valence-corrected chi connectivity index (χ0v) is 30.5. The largest absolute Gasteiger partial charge is 2.00 e. The number of carbonyl (C=O) groups excluding carboxylic acids is 4. The van der Waals surface area contributed by atoms with Gasteiger partial charge in [0, 0.05) is 16.8 Å². The first-order chi connectivity index (χ1) is 22.3. The van der Waals surface area contributed by atoms with Gasteiger partial charge in [0.15, 0.2) is 0 Å². The van der Waals surface area contributed by atoms with E-state index in [0.29, 0.717) is 5.57 Å². The van der Waals surface area contributed by atoms with Crippen molar-refractivity contribution in [1.29, 1.82) is 0 Å². The second kappa shape index (κ2) is 17.6. The Morgan fingerprint density at radius 3 is 2.08 bits per heavy atom. The number of aromatic amines is 2. The Bertz CT molecular complexity index is 1950. The number of H-pyrrole nitrogens is 2. The van der Waals surface area contributed by atoms with Crippen molar-refractivity contribution >= 4 is 63.3 Å². The van der Waals surface area contributed by atoms with Gasteiger partial charge in [0.2, 0.25) is 12.2 Å². The van der Waals surface area contributed by atoms with Gasteiger partial charge in [0.1, 0.15) is 0 Å². The fourth-order valence-electron chi connectivity index (χ4n) is 5.68. The molecule has 16 heteroatoms. The van der Waals surface area contributed by atoms with E-state index in [4.69, 9.17) is 16.5 Å². The summed E-state index contributed by atoms with van der Waals surface area (Å²) in [5, 5.41) is 2.49. The summed E-state index contributed by atoms with van der Waals surface area (Å²) in [6.07, 6.45) is 3.64. The zero-order chi connectivity index (χ0) is 32.8. The molecule has 2 aliphatic carbocycles. The zero-order valence-electron chi connectivity index (χ0n) is 25.7. The second-order valence-electron chi connectivity index (χ2n) is 10.2. The quantitative estimate of drug-likeness (QED) is 0.165. The van der Waals surface area contributed by atoms with Gasteiger partial charge in [-0.05, 0) is 76.4 Å². The number of aromatic nitrogens is 4. The summed E-state index contributed by atoms with van der Waals surface area (Å²) in [4.78, 5) is 55.6. The molecule has 48 heavy (non-hydrogen) atoms. The number of rotatable bonds is 5. The summed E-state index contributed by atoms with van der Waals surface area (Å²) >= 11 is 0. The van der Waals surface area contributed by atoms with Gasteiger partial charge in [-0.25, -0.2) is 22.0 Å². The second-order valence-corrected chi connectivity index (χ2v) is 12.0. The van der Waals surface area contributed by atoms with Crippen LogP contribution >= 0.6 is 17.2 Å². The molecule has 2 atom stereocenters. The van der Waals surface area contributed by atoms with E-state index in [1.807, 2.05) is 12.1 Å². The van der Waals surface area contributed by atoms with Crippen molar-refractivity contribution in [3.63, 3.8) is 0 Å². The van der Waals surface area contributed by atoms with Gasteiger partial charge in [0.25, 0.3) is 0 Å². The van der Waals surface area contributed by atoms with Crippen LogP contribution in [0.1, 0.15) is 22.4 Å². The summed E-state index contributed by atoms with van der Waals surface area (Å²) in [5.41, 5.74) is 25.3. The Hall–Kier alpha value is -3.75. The van der Waals surface area contributed by atoms with E-state index in [2.05, 4.69) is 66.9 Å². The maximum atomic E-state index is 10.9. The first-order valence-electron chi connectivity index (χ1n) is 14.0. The predicted molar refractivity (Wildman–Crippen MR) is 180 cm³/mol. The van der Waals surface area contributed by atoms with Crippen molar-refractivity contribution in [2.45, 2.75) is 25.7 Å². The molecule has 12 nitrogen and oxygen atoms in total. The number of methoxy groups -OCH3 is 2. The van der Waals surface area contributed by atoms with Crippen LogP contribution in [0, 0.1) is 0 Å². The maximum Gasteiger partial charge on any atom is 2.00 e. The molecule has 7 rings (SSSR count). The Labute approximate surface area is 303 Å². The minimum absolute atomic E-state index is 0. The van der Waals surface area contributed by atoms with Crippen LogP contribution in [0.3, 0.4) is 0 Å². The predicted octanol–water partition coefficient (Wildman–Crippen LogP) is 5.83. The van der Waals surface area contributed by atoms with E-state index in [9.17, 15) is 19.2 Å². The van der Waals surface area contributed by atoms with Gasteiger partial charge in [-0.1, -0.05) is 30.3 Å². The van der Waals surface area contributed by atoms with Gasteiger partial charge < -0.3 is 40.5 Å². The molecule has 0 bridgehead atoms. The fourth-order valence-corrected chi connectivity index (χ4v) is 6.58. The fraction of sp³-hybridized carbons (Fsp3) is 0.188. The van der Waals surface area contributed by atoms with Crippen LogP contribution in [0.5, 0.6) is 0 Å². The number of aryl methyl sites for hydroxylation is 4. The van der Waals surface area contributed by atoms with Crippen molar-refractivity contribution in [1.82, 2.24) is 19.9 Å². The molecule has 2 aromatic heterocycles. The molecule has 0 fully saturated rings. The number of nitrogens with one attached hydrogen (secondary N) is 4. The summed E-state index contributed by atoms with van der Waals surface area (Å²) < 4.78 is 7.56. The number of hydrogen-bond donors (Lipinski definition) is 2. The normalized spacial score (nSPS) is 12.0. The number of imidazole rings is 2. The molecule has 2 radical (unpaired) electrons. The molecule has 2 amide bonds. The third kappa shape index (κ3) is 8.63. The average molecular weight is 756 g/mol. The van der Waals surface area contributed by atoms with E-state index >= 15 is 0 Å². The molecule has 3 aromatic carbocycles. The Balaban J connectivity index is 0.000000461. The monoisotopic (exact) mass is 756 g/mol. The number of nitrogens with zero attached hydrogens (tertiary/aromatic N) is 2. The van der Waals surface area contributed by atoms with Crippen LogP contribution in [0.15, 0.2) is 48.7 Å². The number of benzene rings is 3. The standard InChI is InChI=1S/C28H20N4O2P2.2C2H5NO2.2V/c33-13-35-27-29-12-25(31-27)18-3-5-19-15(9-18)1-7-21-20(19)6-2-16-11-23-17(10-22(16)21)4-8-24-26(23)32-28(30-24)36-14-34;2*1-5-2(3)4;;/h1,3,5,7,9-12,35-36H,2,4,6,8H2,(H,29,31)(H,30,32);2*1H3,(H2,3,4);;/q-2;;;2*+2/p-2. The molecule has 2 aliphatic rings. The van der Waals surface area contributed by atoms with Gasteiger partial charge in [-0.3, -0.25) is 9.59 Å². The first-order valence-corrected chi connectivity index (χ1v) is 16.0. The van der Waals surface area contributed by atoms with E-state index in [1.54, 1.807) is 6.20 Å². The first kappa shape index (κ1) is 38.7. The third-order valence-corrected chi connectivity index (χ3v) is 8.84. The Morgan fingerprint density at radius 1 is 0.792 bits per heavy atom. The van der Waals surface area contributed by atoms with Gasteiger partial charge >= 0.3 is 37.1 Å². The third-order valence-electron chi connectivity index (χ3n) is 7.67. The number of hydrogen-bond acceptors (Lipinski definition) is 8. The molecule has 0 saturated heterocycles. The molecule has 2 unspecified atom stereocenters. The summed E-state index contributed by atoms with van der Waals surface area (Å²) in [7, 11) is 2.19. The van der Waals surface area contributed by atoms with E-state index in [0.717, 1.165) is 68.1 Å². The van der Waals surface area contributed by atoms with Crippen LogP contribution < -0.4 is 11.1 Å². The van der Waals surface area contributed by atoms with Gasteiger partial charge in [0.05, 0.1) is 42.9 Å². The minimum Gasteiger partial charge on any atom is -0.632 e. The Morgan fingerprint density at radius 2 is 1.42 bits per heavy atom. The number of ether oxygens (including phenoxy) is 2. The SMILES string of the molecule is COC([NH-])=O.COC([NH-])=O.O=[C-]Pc1ncc(-c2ccc3c4c(ccc3c2)-c2cc3c(cc2CC4)-c2nc(P[C-]=O)[nH]c2CC3)[nH]1.[V+2].[V+2]. The van der Waals surface area contributed by atoms with E-state index in [-0.39, 0.29) is 54.3 Å². The minimum atomic E-state index is -0.995. The van der Waals surface area contributed by atoms with Crippen molar-refractivity contribution in [2.24, 2.45) is 0 Å². The molecule has 242 valence electrons. The van der Waals surface area contributed by atoms with Crippen LogP contribution in [0.4, 0.5) is 9.59 Å². The van der Waals surface area contributed by atoms with E-state index < -0.39 is 12.2 Å². The number of fused-ring (bicyclic) bond motifs is 8. The number of amides is 2. The molecular formula is C32H28N6O6P2V2. The molecular weight excluding hydrogens is 728 g/mol. The van der Waals surface area contributed by atoms with Crippen molar-refractivity contribution < 1.29 is 65.8 Å². The van der Waals surface area contributed by atoms with Crippen LogP contribution in [0.2, 0.25) is 0 Å². The molecule has 4 N–H and O–H groups in total. The summed E-state index contributed by atoms with van der Waals surface area (Å²) in [5.74, 6) is 0. The molecule has 5 aromatic rings. The van der Waals surface area contributed by atoms with Crippen molar-refractivity contribution in [3.8, 4) is 33.6 Å². The summed E-state index contributed by atoms with van der Waals surface area (Å²) in [6, 6.07) is 19.6. The molecule has 0 aliphatic heterocycles. The summed E-state index contributed by atoms with van der Waals surface area (Å²) in [6.45, 7) is 0. The molecule has 0 saturated carbocycles. The number of carbonyl (C=O) groups is 2. The maximum absolute atomic E-state index is 10.9. The van der Waals surface area contributed by atoms with Crippen LogP contribution in [-0.2, 0) is 81.9 Å².